The topological polar surface area (TPSA) is 37.0 Å². The molecule has 0 bridgehead atoms. The fourth-order valence-electron chi connectivity index (χ4n) is 1.53. The summed E-state index contributed by atoms with van der Waals surface area (Å²) in [4.78, 5) is 10.4. The van der Waals surface area contributed by atoms with E-state index in [1.165, 1.54) is 38.5 Å². The number of unbranched alkanes of at least 4 members (excludes halogenated alkanes) is 6. The van der Waals surface area contributed by atoms with Crippen LogP contribution in [0, 0.1) is 5.92 Å². The molecule has 0 rings (SSSR count). The van der Waals surface area contributed by atoms with Gasteiger partial charge in [-0.15, -0.1) is 0 Å². The van der Waals surface area contributed by atoms with E-state index in [1.54, 1.807) is 6.92 Å². The molecule has 1 radical (unpaired) electrons. The van der Waals surface area contributed by atoms with Crippen molar-refractivity contribution in [2.24, 2.45) is 5.92 Å². The molecule has 83 valence electrons. The van der Waals surface area contributed by atoms with Crippen LogP contribution in [0.1, 0.15) is 65.2 Å². The summed E-state index contributed by atoms with van der Waals surface area (Å²) in [6, 6.07) is 0. The molecule has 14 heavy (non-hydrogen) atoms. The summed E-state index contributed by atoms with van der Waals surface area (Å²) < 4.78 is 0. The van der Waals surface area contributed by atoms with Gasteiger partial charge in [-0.1, -0.05) is 58.8 Å². The Hall–Kier alpha value is -0.530. The van der Waals surface area contributed by atoms with Crippen molar-refractivity contribution < 1.29 is 9.90 Å². The molecule has 0 N–H and O–H groups in total. The summed E-state index contributed by atoms with van der Waals surface area (Å²) in [6.45, 7) is 3.94. The Morgan fingerprint density at radius 1 is 1.00 bits per heavy atom. The van der Waals surface area contributed by atoms with E-state index in [0.29, 0.717) is 0 Å². The minimum atomic E-state index is -0.906. The van der Waals surface area contributed by atoms with E-state index in [1.807, 2.05) is 0 Å². The fraction of sp³-hybridized carbons (Fsp3) is 0.917. The molecular weight excluding hydrogens is 176 g/mol. The van der Waals surface area contributed by atoms with Gasteiger partial charge in [0.05, 0.1) is 5.92 Å². The molecule has 0 saturated heterocycles. The van der Waals surface area contributed by atoms with Crippen LogP contribution in [0.25, 0.3) is 0 Å². The van der Waals surface area contributed by atoms with Crippen LogP contribution in [0.4, 0.5) is 0 Å². The van der Waals surface area contributed by atoms with Gasteiger partial charge in [-0.25, -0.2) is 9.90 Å². The summed E-state index contributed by atoms with van der Waals surface area (Å²) in [5, 5.41) is 10.4. The normalized spacial score (nSPS) is 12.7. The van der Waals surface area contributed by atoms with E-state index in [4.69, 9.17) is 0 Å². The average molecular weight is 199 g/mol. The zero-order valence-corrected chi connectivity index (χ0v) is 9.55. The number of carbonyl (C=O) groups excluding carboxylic acids is 1. The van der Waals surface area contributed by atoms with Crippen molar-refractivity contribution in [1.82, 2.24) is 0 Å². The van der Waals surface area contributed by atoms with Gasteiger partial charge in [-0.3, -0.25) is 0 Å². The average Bonchev–Trinajstić information content (AvgIpc) is 2.16. The van der Waals surface area contributed by atoms with E-state index in [-0.39, 0.29) is 5.92 Å². The van der Waals surface area contributed by atoms with Crippen molar-refractivity contribution in [1.29, 1.82) is 0 Å². The summed E-state index contributed by atoms with van der Waals surface area (Å²) in [6.07, 6.45) is 9.45. The third-order valence-corrected chi connectivity index (χ3v) is 2.64. The highest BCUT2D eigenvalue weighted by Gasteiger charge is 2.11. The lowest BCUT2D eigenvalue weighted by Gasteiger charge is -2.03. The smallest absolute Gasteiger partial charge is 0.247 e. The van der Waals surface area contributed by atoms with Crippen molar-refractivity contribution in [3.05, 3.63) is 0 Å². The van der Waals surface area contributed by atoms with Gasteiger partial charge in [0.1, 0.15) is 0 Å². The van der Waals surface area contributed by atoms with Gasteiger partial charge in [0.25, 0.3) is 0 Å². The predicted octanol–water partition coefficient (Wildman–Crippen LogP) is 3.72. The van der Waals surface area contributed by atoms with E-state index < -0.39 is 5.97 Å². The van der Waals surface area contributed by atoms with Crippen LogP contribution in [-0.4, -0.2) is 5.97 Å². The quantitative estimate of drug-likeness (QED) is 0.521. The van der Waals surface area contributed by atoms with Crippen LogP contribution in [0.15, 0.2) is 0 Å². The first kappa shape index (κ1) is 13.5. The molecule has 0 aromatic carbocycles. The van der Waals surface area contributed by atoms with E-state index >= 15 is 0 Å². The highest BCUT2D eigenvalue weighted by atomic mass is 16.4. The standard InChI is InChI=1S/C12H23O2/c1-3-4-5-6-7-8-9-10-11(2)12(13)14/h11H,3-10H2,1-2H3. The fourth-order valence-corrected chi connectivity index (χ4v) is 1.53. The van der Waals surface area contributed by atoms with Gasteiger partial charge in [0.2, 0.25) is 0 Å². The zero-order chi connectivity index (χ0) is 10.8. The second-order valence-electron chi connectivity index (χ2n) is 4.13. The maximum atomic E-state index is 10.4. The SMILES string of the molecule is CCCCCCCCCC(C)C([O])=O. The first-order valence-electron chi connectivity index (χ1n) is 5.89. The Kier molecular flexibility index (Phi) is 8.70. The molecule has 1 unspecified atom stereocenters. The molecule has 0 heterocycles. The van der Waals surface area contributed by atoms with Crippen molar-refractivity contribution in [2.45, 2.75) is 65.2 Å². The predicted molar refractivity (Wildman–Crippen MR) is 57.5 cm³/mol. The van der Waals surface area contributed by atoms with Gasteiger partial charge >= 0.3 is 5.97 Å². The van der Waals surface area contributed by atoms with Crippen molar-refractivity contribution >= 4 is 5.97 Å². The molecule has 0 amide bonds. The highest BCUT2D eigenvalue weighted by molar-refractivity contribution is 5.68. The van der Waals surface area contributed by atoms with E-state index in [2.05, 4.69) is 6.92 Å². The number of carbonyl (C=O) groups is 1. The molecular formula is C12H23O2. The van der Waals surface area contributed by atoms with Crippen LogP contribution in [0.2, 0.25) is 0 Å². The first-order chi connectivity index (χ1) is 6.68. The minimum Gasteiger partial charge on any atom is -0.247 e. The number of rotatable bonds is 9. The van der Waals surface area contributed by atoms with Crippen molar-refractivity contribution in [3.63, 3.8) is 0 Å². The molecule has 0 aromatic rings. The van der Waals surface area contributed by atoms with Crippen LogP contribution in [-0.2, 0) is 9.90 Å². The zero-order valence-electron chi connectivity index (χ0n) is 9.55. The van der Waals surface area contributed by atoms with Crippen LogP contribution < -0.4 is 0 Å². The van der Waals surface area contributed by atoms with E-state index in [0.717, 1.165) is 12.8 Å². The minimum absolute atomic E-state index is 0.273. The van der Waals surface area contributed by atoms with Crippen LogP contribution >= 0.6 is 0 Å². The molecule has 0 saturated carbocycles. The summed E-state index contributed by atoms with van der Waals surface area (Å²) in [5.41, 5.74) is 0. The molecule has 0 aliphatic carbocycles. The van der Waals surface area contributed by atoms with Gasteiger partial charge < -0.3 is 0 Å². The Bertz CT molecular complexity index is 143. The lowest BCUT2D eigenvalue weighted by Crippen LogP contribution is -2.07. The third kappa shape index (κ3) is 8.09. The lowest BCUT2D eigenvalue weighted by molar-refractivity contribution is -0.147. The van der Waals surface area contributed by atoms with Crippen LogP contribution in [0.3, 0.4) is 0 Å². The monoisotopic (exact) mass is 199 g/mol. The first-order valence-corrected chi connectivity index (χ1v) is 5.89. The van der Waals surface area contributed by atoms with Crippen LogP contribution in [0.5, 0.6) is 0 Å². The van der Waals surface area contributed by atoms with Crippen molar-refractivity contribution in [2.75, 3.05) is 0 Å². The summed E-state index contributed by atoms with van der Waals surface area (Å²) >= 11 is 0. The molecule has 1 atom stereocenters. The summed E-state index contributed by atoms with van der Waals surface area (Å²) in [7, 11) is 0. The molecule has 0 aromatic heterocycles. The van der Waals surface area contributed by atoms with E-state index in [9.17, 15) is 9.90 Å². The highest BCUT2D eigenvalue weighted by Crippen LogP contribution is 2.12. The molecule has 0 fully saturated rings. The largest absolute Gasteiger partial charge is 0.358 e. The second kappa shape index (κ2) is 9.04. The Morgan fingerprint density at radius 2 is 1.50 bits per heavy atom. The third-order valence-electron chi connectivity index (χ3n) is 2.64. The Balaban J connectivity index is 3.09. The maximum Gasteiger partial charge on any atom is 0.358 e. The molecule has 0 aliphatic heterocycles. The number of hydrogen-bond acceptors (Lipinski definition) is 1. The molecule has 0 spiro atoms. The second-order valence-corrected chi connectivity index (χ2v) is 4.13. The lowest BCUT2D eigenvalue weighted by atomic mass is 10.0. The van der Waals surface area contributed by atoms with Gasteiger partial charge in [-0.05, 0) is 6.42 Å². The van der Waals surface area contributed by atoms with Crippen molar-refractivity contribution in [3.8, 4) is 0 Å². The Morgan fingerprint density at radius 3 is 2.00 bits per heavy atom. The number of hydrogen-bond donors (Lipinski definition) is 0. The maximum absolute atomic E-state index is 10.4. The van der Waals surface area contributed by atoms with Gasteiger partial charge in [0.15, 0.2) is 0 Å². The Labute approximate surface area is 87.7 Å². The molecule has 2 nitrogen and oxygen atoms in total. The molecule has 2 heteroatoms. The van der Waals surface area contributed by atoms with Gasteiger partial charge in [0, 0.05) is 0 Å². The molecule has 0 aliphatic rings. The van der Waals surface area contributed by atoms with Gasteiger partial charge in [-0.2, -0.15) is 0 Å². The summed E-state index contributed by atoms with van der Waals surface area (Å²) in [5.74, 6) is -1.18.